The van der Waals surface area contributed by atoms with Crippen molar-refractivity contribution in [3.05, 3.63) is 103 Å². The van der Waals surface area contributed by atoms with Gasteiger partial charge in [0, 0.05) is 23.3 Å². The van der Waals surface area contributed by atoms with Gasteiger partial charge in [0.25, 0.3) is 16.8 Å². The SMILES string of the molecule is COc1cc(/C=C2\SC(=O)N(CC(=O)c3ccc([N+](=O)[O-])cc3)C2=O)cc(Cl)c1OCc1ccccc1C#N. The van der Waals surface area contributed by atoms with Crippen LogP contribution in [0.3, 0.4) is 0 Å². The highest BCUT2D eigenvalue weighted by atomic mass is 35.5. The molecule has 1 heterocycles. The molecule has 1 aliphatic heterocycles. The average molecular weight is 564 g/mol. The molecule has 0 saturated carbocycles. The number of amides is 2. The number of methoxy groups -OCH3 is 1. The molecule has 196 valence electrons. The maximum atomic E-state index is 12.9. The van der Waals surface area contributed by atoms with Gasteiger partial charge in [0.1, 0.15) is 6.61 Å². The molecule has 39 heavy (non-hydrogen) atoms. The van der Waals surface area contributed by atoms with Gasteiger partial charge in [-0.1, -0.05) is 29.8 Å². The van der Waals surface area contributed by atoms with Gasteiger partial charge in [-0.15, -0.1) is 0 Å². The van der Waals surface area contributed by atoms with E-state index in [2.05, 4.69) is 6.07 Å². The first-order chi connectivity index (χ1) is 18.7. The van der Waals surface area contributed by atoms with Crippen LogP contribution in [-0.2, 0) is 11.4 Å². The van der Waals surface area contributed by atoms with E-state index >= 15 is 0 Å². The molecular weight excluding hydrogens is 546 g/mol. The van der Waals surface area contributed by atoms with Crippen LogP contribution in [-0.4, -0.2) is 40.4 Å². The number of nitro groups is 1. The minimum atomic E-state index is -0.663. The number of non-ortho nitro benzene ring substituents is 1. The van der Waals surface area contributed by atoms with Crippen LogP contribution in [0.1, 0.15) is 27.0 Å². The van der Waals surface area contributed by atoms with Crippen LogP contribution >= 0.6 is 23.4 Å². The molecule has 0 bridgehead atoms. The Morgan fingerprint density at radius 2 is 1.90 bits per heavy atom. The Bertz CT molecular complexity index is 1560. The minimum absolute atomic E-state index is 0.0703. The first-order valence-corrected chi connectivity index (χ1v) is 12.4. The number of imide groups is 1. The number of hydrogen-bond donors (Lipinski definition) is 0. The third-order valence-electron chi connectivity index (χ3n) is 5.63. The van der Waals surface area contributed by atoms with E-state index in [0.717, 1.165) is 4.90 Å². The van der Waals surface area contributed by atoms with E-state index in [0.29, 0.717) is 28.5 Å². The number of benzene rings is 3. The van der Waals surface area contributed by atoms with Crippen LogP contribution in [0.4, 0.5) is 10.5 Å². The van der Waals surface area contributed by atoms with Crippen LogP contribution in [0.25, 0.3) is 6.08 Å². The standard InChI is InChI=1S/C27H18ClN3O7S/c1-37-23-11-16(10-21(28)25(23)38-15-19-5-3-2-4-18(19)13-29)12-24-26(33)30(27(34)39-24)14-22(32)17-6-8-20(9-7-17)31(35)36/h2-12H,14-15H2,1H3/b24-12-. The second-order valence-corrected chi connectivity index (χ2v) is 9.49. The van der Waals surface area contributed by atoms with E-state index in [1.54, 1.807) is 30.3 Å². The quantitative estimate of drug-likeness (QED) is 0.140. The molecule has 0 spiro atoms. The maximum Gasteiger partial charge on any atom is 0.293 e. The molecule has 0 aliphatic carbocycles. The zero-order valence-corrected chi connectivity index (χ0v) is 21.8. The lowest BCUT2D eigenvalue weighted by Gasteiger charge is -2.14. The molecular formula is C27H18ClN3O7S. The molecule has 4 rings (SSSR count). The molecule has 0 N–H and O–H groups in total. The van der Waals surface area contributed by atoms with E-state index in [1.165, 1.54) is 43.5 Å². The summed E-state index contributed by atoms with van der Waals surface area (Å²) in [6.07, 6.45) is 1.45. The predicted octanol–water partition coefficient (Wildman–Crippen LogP) is 5.63. The third kappa shape index (κ3) is 6.09. The van der Waals surface area contributed by atoms with Crippen molar-refractivity contribution >= 4 is 52.1 Å². The molecule has 1 aliphatic rings. The number of nitro benzene ring substituents is 1. The van der Waals surface area contributed by atoms with Crippen molar-refractivity contribution in [1.29, 1.82) is 5.26 Å². The molecule has 0 unspecified atom stereocenters. The summed E-state index contributed by atoms with van der Waals surface area (Å²) >= 11 is 7.11. The largest absolute Gasteiger partial charge is 0.493 e. The van der Waals surface area contributed by atoms with Crippen LogP contribution in [0.5, 0.6) is 11.5 Å². The number of halogens is 1. The van der Waals surface area contributed by atoms with Gasteiger partial charge in [0.05, 0.1) is 40.1 Å². The molecule has 12 heteroatoms. The smallest absolute Gasteiger partial charge is 0.293 e. The number of carbonyl (C=O) groups is 3. The number of thioether (sulfide) groups is 1. The third-order valence-corrected chi connectivity index (χ3v) is 6.82. The molecule has 0 aromatic heterocycles. The second-order valence-electron chi connectivity index (χ2n) is 8.09. The van der Waals surface area contributed by atoms with E-state index in [-0.39, 0.29) is 39.3 Å². The number of ether oxygens (including phenoxy) is 2. The highest BCUT2D eigenvalue weighted by molar-refractivity contribution is 8.18. The van der Waals surface area contributed by atoms with Crippen LogP contribution in [0, 0.1) is 21.4 Å². The normalized spacial score (nSPS) is 13.9. The van der Waals surface area contributed by atoms with Gasteiger partial charge in [-0.05, 0) is 53.7 Å². The molecule has 1 fully saturated rings. The molecule has 1 saturated heterocycles. The Morgan fingerprint density at radius 1 is 1.18 bits per heavy atom. The first kappa shape index (κ1) is 27.4. The van der Waals surface area contributed by atoms with E-state index in [1.807, 2.05) is 0 Å². The second kappa shape index (κ2) is 11.8. The molecule has 10 nitrogen and oxygen atoms in total. The summed E-state index contributed by atoms with van der Waals surface area (Å²) in [5, 5.41) is 19.6. The number of rotatable bonds is 9. The molecule has 3 aromatic rings. The molecule has 0 radical (unpaired) electrons. The Kier molecular flexibility index (Phi) is 8.29. The van der Waals surface area contributed by atoms with E-state index in [4.69, 9.17) is 21.1 Å². The number of ketones is 1. The number of hydrogen-bond acceptors (Lipinski definition) is 9. The van der Waals surface area contributed by atoms with Crippen molar-refractivity contribution in [3.63, 3.8) is 0 Å². The molecule has 3 aromatic carbocycles. The monoisotopic (exact) mass is 563 g/mol. The zero-order chi connectivity index (χ0) is 28.1. The Morgan fingerprint density at radius 3 is 2.56 bits per heavy atom. The highest BCUT2D eigenvalue weighted by Gasteiger charge is 2.36. The summed E-state index contributed by atoms with van der Waals surface area (Å²) in [7, 11) is 1.42. The Balaban J connectivity index is 1.50. The van der Waals surface area contributed by atoms with Gasteiger partial charge >= 0.3 is 0 Å². The van der Waals surface area contributed by atoms with Gasteiger partial charge in [0.15, 0.2) is 17.3 Å². The van der Waals surface area contributed by atoms with Gasteiger partial charge < -0.3 is 9.47 Å². The fraction of sp³-hybridized carbons (Fsp3) is 0.111. The predicted molar refractivity (Wildman–Crippen MR) is 144 cm³/mol. The van der Waals surface area contributed by atoms with Crippen molar-refractivity contribution in [2.24, 2.45) is 0 Å². The highest BCUT2D eigenvalue weighted by Crippen LogP contribution is 2.39. The fourth-order valence-corrected chi connectivity index (χ4v) is 4.77. The fourth-order valence-electron chi connectivity index (χ4n) is 3.66. The summed E-state index contributed by atoms with van der Waals surface area (Å²) < 4.78 is 11.2. The first-order valence-electron chi connectivity index (χ1n) is 11.2. The van der Waals surface area contributed by atoms with Gasteiger partial charge in [-0.3, -0.25) is 29.4 Å². The summed E-state index contributed by atoms with van der Waals surface area (Å²) in [5.41, 5.74) is 1.53. The van der Waals surface area contributed by atoms with Crippen LogP contribution < -0.4 is 9.47 Å². The Labute approximate surface area is 231 Å². The number of nitriles is 1. The van der Waals surface area contributed by atoms with E-state index < -0.39 is 28.4 Å². The Hall–Kier alpha value is -4.66. The summed E-state index contributed by atoms with van der Waals surface area (Å²) in [5.74, 6) is -0.692. The minimum Gasteiger partial charge on any atom is -0.493 e. The van der Waals surface area contributed by atoms with Gasteiger partial charge in [-0.2, -0.15) is 5.26 Å². The van der Waals surface area contributed by atoms with Gasteiger partial charge in [0.2, 0.25) is 0 Å². The maximum absolute atomic E-state index is 12.9. The van der Waals surface area contributed by atoms with Crippen molar-refractivity contribution < 1.29 is 28.8 Å². The lowest BCUT2D eigenvalue weighted by molar-refractivity contribution is -0.384. The van der Waals surface area contributed by atoms with Crippen molar-refractivity contribution in [3.8, 4) is 17.6 Å². The molecule has 0 atom stereocenters. The lowest BCUT2D eigenvalue weighted by Crippen LogP contribution is -2.33. The zero-order valence-electron chi connectivity index (χ0n) is 20.3. The summed E-state index contributed by atoms with van der Waals surface area (Å²) in [6.45, 7) is -0.443. The topological polar surface area (TPSA) is 140 Å². The number of nitrogens with zero attached hydrogens (tertiary/aromatic N) is 3. The van der Waals surface area contributed by atoms with Crippen molar-refractivity contribution in [2.75, 3.05) is 13.7 Å². The van der Waals surface area contributed by atoms with Crippen molar-refractivity contribution in [1.82, 2.24) is 4.90 Å². The summed E-state index contributed by atoms with van der Waals surface area (Å²) in [4.78, 5) is 49.1. The van der Waals surface area contributed by atoms with Crippen LogP contribution in [0.2, 0.25) is 5.02 Å². The van der Waals surface area contributed by atoms with Gasteiger partial charge in [-0.25, -0.2) is 0 Å². The number of Topliss-reactive ketones (excluding diaryl/α,β-unsaturated/α-hetero) is 1. The van der Waals surface area contributed by atoms with Crippen LogP contribution in [0.15, 0.2) is 65.6 Å². The average Bonchev–Trinajstić information content (AvgIpc) is 3.19. The lowest BCUT2D eigenvalue weighted by atomic mass is 10.1. The summed E-state index contributed by atoms with van der Waals surface area (Å²) in [6, 6.07) is 17.1. The van der Waals surface area contributed by atoms with Crippen molar-refractivity contribution in [2.45, 2.75) is 6.61 Å². The molecule has 2 amide bonds. The number of carbonyl (C=O) groups excluding carboxylic acids is 3. The van der Waals surface area contributed by atoms with E-state index in [9.17, 15) is 29.8 Å².